The molecule has 13 heteroatoms. The molecule has 0 aliphatic heterocycles. The normalized spacial score (nSPS) is 11.0. The summed E-state index contributed by atoms with van der Waals surface area (Å²) in [6, 6.07) is 9.10. The Balaban J connectivity index is 2.17. The molecule has 0 radical (unpaired) electrons. The predicted molar refractivity (Wildman–Crippen MR) is 123 cm³/mol. The minimum absolute atomic E-state index is 0.131. The van der Waals surface area contributed by atoms with Gasteiger partial charge < -0.3 is 23.7 Å². The van der Waals surface area contributed by atoms with Crippen LogP contribution in [0.15, 0.2) is 41.5 Å². The van der Waals surface area contributed by atoms with Gasteiger partial charge in [-0.25, -0.2) is 18.6 Å². The molecule has 12 nitrogen and oxygen atoms in total. The fourth-order valence-electron chi connectivity index (χ4n) is 2.70. The lowest BCUT2D eigenvalue weighted by atomic mass is 10.2. The van der Waals surface area contributed by atoms with Crippen molar-refractivity contribution in [1.82, 2.24) is 5.43 Å². The van der Waals surface area contributed by atoms with Gasteiger partial charge in [-0.15, -0.1) is 0 Å². The lowest BCUT2D eigenvalue weighted by molar-refractivity contribution is -0.119. The van der Waals surface area contributed by atoms with Crippen molar-refractivity contribution in [1.29, 1.82) is 0 Å². The molecule has 0 aliphatic carbocycles. The van der Waals surface area contributed by atoms with Crippen LogP contribution in [0.5, 0.6) is 23.0 Å². The first kappa shape index (κ1) is 26.3. The van der Waals surface area contributed by atoms with Crippen molar-refractivity contribution in [3.63, 3.8) is 0 Å². The molecule has 2 aromatic rings. The number of hydrazone groups is 1. The predicted octanol–water partition coefficient (Wildman–Crippen LogP) is 1.77. The molecule has 34 heavy (non-hydrogen) atoms. The van der Waals surface area contributed by atoms with E-state index in [9.17, 15) is 18.0 Å². The fraction of sp³-hybridized carbons (Fsp3) is 0.286. The van der Waals surface area contributed by atoms with E-state index in [0.29, 0.717) is 11.3 Å². The van der Waals surface area contributed by atoms with Crippen LogP contribution < -0.4 is 28.7 Å². The molecule has 1 N–H and O–H groups in total. The molecular weight excluding hydrogens is 470 g/mol. The Kier molecular flexibility index (Phi) is 9.07. The highest BCUT2D eigenvalue weighted by Crippen LogP contribution is 2.33. The Morgan fingerprint density at radius 3 is 2.24 bits per heavy atom. The first-order valence-electron chi connectivity index (χ1n) is 9.58. The number of benzene rings is 2. The van der Waals surface area contributed by atoms with Crippen LogP contribution in [0.2, 0.25) is 0 Å². The van der Waals surface area contributed by atoms with Crippen molar-refractivity contribution in [3.05, 3.63) is 42.0 Å². The molecule has 0 fully saturated rings. The number of carbonyl (C=O) groups excluding carboxylic acids is 2. The molecule has 0 unspecified atom stereocenters. The number of nitrogens with zero attached hydrogens (tertiary/aromatic N) is 2. The summed E-state index contributed by atoms with van der Waals surface area (Å²) < 4.78 is 50.6. The van der Waals surface area contributed by atoms with Crippen molar-refractivity contribution in [2.24, 2.45) is 5.10 Å². The Morgan fingerprint density at radius 1 is 0.971 bits per heavy atom. The second kappa shape index (κ2) is 11.7. The van der Waals surface area contributed by atoms with Gasteiger partial charge in [0.05, 0.1) is 46.6 Å². The van der Waals surface area contributed by atoms with Gasteiger partial charge in [0.1, 0.15) is 18.0 Å². The number of methoxy groups -OCH3 is 4. The highest BCUT2D eigenvalue weighted by Gasteiger charge is 2.24. The van der Waals surface area contributed by atoms with Crippen LogP contribution in [-0.4, -0.2) is 67.9 Å². The summed E-state index contributed by atoms with van der Waals surface area (Å²) in [4.78, 5) is 23.7. The number of hydrogen-bond donors (Lipinski definition) is 1. The van der Waals surface area contributed by atoms with Gasteiger partial charge in [0.15, 0.2) is 11.5 Å². The van der Waals surface area contributed by atoms with E-state index in [-0.39, 0.29) is 22.9 Å². The number of ether oxygens (including phenoxy) is 5. The van der Waals surface area contributed by atoms with E-state index in [2.05, 4.69) is 15.3 Å². The minimum Gasteiger partial charge on any atom is -0.497 e. The number of carbonyl (C=O) groups is 2. The fourth-order valence-corrected chi connectivity index (χ4v) is 3.55. The number of amides is 1. The highest BCUT2D eigenvalue weighted by molar-refractivity contribution is 7.92. The van der Waals surface area contributed by atoms with Crippen LogP contribution in [0.4, 0.5) is 10.5 Å². The summed E-state index contributed by atoms with van der Waals surface area (Å²) >= 11 is 0. The molecule has 0 heterocycles. The van der Waals surface area contributed by atoms with Crippen LogP contribution in [-0.2, 0) is 19.6 Å². The van der Waals surface area contributed by atoms with Crippen LogP contribution in [0.3, 0.4) is 0 Å². The Labute approximate surface area is 197 Å². The van der Waals surface area contributed by atoms with Gasteiger partial charge in [0.25, 0.3) is 5.91 Å². The van der Waals surface area contributed by atoms with Crippen molar-refractivity contribution in [3.8, 4) is 23.0 Å². The topological polar surface area (TPSA) is 142 Å². The molecule has 0 aromatic heterocycles. The van der Waals surface area contributed by atoms with Gasteiger partial charge in [0.2, 0.25) is 10.0 Å². The van der Waals surface area contributed by atoms with Crippen LogP contribution >= 0.6 is 0 Å². The van der Waals surface area contributed by atoms with E-state index in [4.69, 9.17) is 18.9 Å². The first-order valence-corrected chi connectivity index (χ1v) is 11.4. The molecular formula is C21H25N3O9S. The van der Waals surface area contributed by atoms with Crippen molar-refractivity contribution in [2.45, 2.75) is 0 Å². The standard InChI is InChI=1S/C21H25N3O9S/c1-29-15-7-9-17(30-2)16(11-15)24(34(5,27)28)13-20(25)23-22-12-14-6-8-18(19(10-14)31-3)33-21(26)32-4/h6-12H,13H2,1-5H3,(H,23,25)/b22-12-. The van der Waals surface area contributed by atoms with Gasteiger partial charge >= 0.3 is 6.16 Å². The van der Waals surface area contributed by atoms with Gasteiger partial charge in [-0.1, -0.05) is 0 Å². The smallest absolute Gasteiger partial charge is 0.497 e. The number of hydrogen-bond acceptors (Lipinski definition) is 10. The van der Waals surface area contributed by atoms with Crippen molar-refractivity contribution in [2.75, 3.05) is 45.5 Å². The quantitative estimate of drug-likeness (QED) is 0.226. The molecule has 0 saturated heterocycles. The number of nitrogens with one attached hydrogen (secondary N) is 1. The molecule has 0 aliphatic rings. The van der Waals surface area contributed by atoms with Crippen LogP contribution in [0.1, 0.15) is 5.56 Å². The Morgan fingerprint density at radius 2 is 1.65 bits per heavy atom. The van der Waals surface area contributed by atoms with Crippen LogP contribution in [0, 0.1) is 0 Å². The molecule has 0 bridgehead atoms. The van der Waals surface area contributed by atoms with Crippen molar-refractivity contribution >= 4 is 34.0 Å². The maximum Gasteiger partial charge on any atom is 0.513 e. The third-order valence-electron chi connectivity index (χ3n) is 4.29. The zero-order chi connectivity index (χ0) is 25.3. The third kappa shape index (κ3) is 7.00. The lowest BCUT2D eigenvalue weighted by Crippen LogP contribution is -2.39. The average molecular weight is 496 g/mol. The van der Waals surface area contributed by atoms with Gasteiger partial charge in [-0.3, -0.25) is 9.10 Å². The SMILES string of the molecule is COC(=O)Oc1ccc(/C=N\NC(=O)CN(c2cc(OC)ccc2OC)S(C)(=O)=O)cc1OC. The maximum absolute atomic E-state index is 12.5. The highest BCUT2D eigenvalue weighted by atomic mass is 32.2. The molecule has 0 spiro atoms. The molecule has 2 aromatic carbocycles. The molecule has 1 amide bonds. The molecule has 184 valence electrons. The van der Waals surface area contributed by atoms with E-state index < -0.39 is 28.6 Å². The summed E-state index contributed by atoms with van der Waals surface area (Å²) in [7, 11) is 1.51. The first-order chi connectivity index (χ1) is 16.1. The number of rotatable bonds is 10. The minimum atomic E-state index is -3.86. The second-order valence-corrected chi connectivity index (χ2v) is 8.47. The van der Waals surface area contributed by atoms with E-state index in [1.54, 1.807) is 12.1 Å². The maximum atomic E-state index is 12.5. The Hall–Kier alpha value is -4.00. The summed E-state index contributed by atoms with van der Waals surface area (Å²) in [6.45, 7) is -0.561. The Bertz CT molecular complexity index is 1170. The average Bonchev–Trinajstić information content (AvgIpc) is 2.82. The van der Waals surface area contributed by atoms with Gasteiger partial charge in [-0.2, -0.15) is 5.10 Å². The monoisotopic (exact) mass is 495 g/mol. The molecule has 0 atom stereocenters. The summed E-state index contributed by atoms with van der Waals surface area (Å²) in [5.74, 6) is 0.283. The zero-order valence-electron chi connectivity index (χ0n) is 19.2. The lowest BCUT2D eigenvalue weighted by Gasteiger charge is -2.23. The largest absolute Gasteiger partial charge is 0.513 e. The summed E-state index contributed by atoms with van der Waals surface area (Å²) in [5, 5.41) is 3.84. The van der Waals surface area contributed by atoms with E-state index >= 15 is 0 Å². The number of anilines is 1. The molecule has 2 rings (SSSR count). The number of sulfonamides is 1. The van der Waals surface area contributed by atoms with E-state index in [0.717, 1.165) is 10.6 Å². The van der Waals surface area contributed by atoms with Gasteiger partial charge in [0, 0.05) is 6.07 Å². The molecule has 0 saturated carbocycles. The van der Waals surface area contributed by atoms with Crippen molar-refractivity contribution < 1.29 is 41.7 Å². The summed E-state index contributed by atoms with van der Waals surface area (Å²) in [5.41, 5.74) is 2.91. The zero-order valence-corrected chi connectivity index (χ0v) is 20.0. The second-order valence-electron chi connectivity index (χ2n) is 6.57. The van der Waals surface area contributed by atoms with Gasteiger partial charge in [-0.05, 0) is 35.9 Å². The summed E-state index contributed by atoms with van der Waals surface area (Å²) in [6.07, 6.45) is 1.36. The third-order valence-corrected chi connectivity index (χ3v) is 5.42. The van der Waals surface area contributed by atoms with Crippen LogP contribution in [0.25, 0.3) is 0 Å². The van der Waals surface area contributed by atoms with E-state index in [1.807, 2.05) is 0 Å². The van der Waals surface area contributed by atoms with E-state index in [1.165, 1.54) is 58.9 Å².